The van der Waals surface area contributed by atoms with Gasteiger partial charge in [0.2, 0.25) is 0 Å². The number of hydrogen-bond acceptors (Lipinski definition) is 2. The minimum atomic E-state index is -0.956. The van der Waals surface area contributed by atoms with Crippen LogP contribution in [0.15, 0.2) is 18.2 Å². The Bertz CT molecular complexity index is 637. The minimum Gasteiger partial charge on any atom is -0.478 e. The Morgan fingerprint density at radius 3 is 2.94 bits per heavy atom. The molecule has 3 rings (SSSR count). The van der Waals surface area contributed by atoms with Crippen LogP contribution in [-0.2, 0) is 12.8 Å². The molecule has 17 heavy (non-hydrogen) atoms. The number of aromatic carboxylic acids is 1. The first-order valence-electron chi connectivity index (χ1n) is 5.51. The van der Waals surface area contributed by atoms with Crippen LogP contribution in [0.25, 0.3) is 10.9 Å². The normalized spacial score (nSPS) is 13.9. The lowest BCUT2D eigenvalue weighted by Gasteiger charge is -2.08. The summed E-state index contributed by atoms with van der Waals surface area (Å²) in [5.74, 6) is -1.35. The summed E-state index contributed by atoms with van der Waals surface area (Å²) in [4.78, 5) is 15.7. The molecule has 1 heterocycles. The van der Waals surface area contributed by atoms with Crippen molar-refractivity contribution in [2.45, 2.75) is 19.3 Å². The second-order valence-electron chi connectivity index (χ2n) is 4.23. The molecule has 2 aromatic rings. The number of aromatic nitrogens is 1. The Morgan fingerprint density at radius 2 is 2.18 bits per heavy atom. The SMILES string of the molecule is O=C(O)c1c2c(nc3cc(F)ccc13)CCC2. The van der Waals surface area contributed by atoms with Gasteiger partial charge in [0.15, 0.2) is 0 Å². The average molecular weight is 231 g/mol. The van der Waals surface area contributed by atoms with Crippen LogP contribution in [0.2, 0.25) is 0 Å². The largest absolute Gasteiger partial charge is 0.478 e. The number of carboxylic acids is 1. The molecule has 0 unspecified atom stereocenters. The molecule has 0 saturated heterocycles. The summed E-state index contributed by atoms with van der Waals surface area (Å²) in [6.07, 6.45) is 2.45. The maximum absolute atomic E-state index is 13.1. The molecule has 1 aliphatic rings. The van der Waals surface area contributed by atoms with Gasteiger partial charge in [-0.1, -0.05) is 0 Å². The summed E-state index contributed by atoms with van der Waals surface area (Å²) < 4.78 is 13.1. The number of carboxylic acid groups (broad SMARTS) is 1. The van der Waals surface area contributed by atoms with E-state index in [9.17, 15) is 14.3 Å². The van der Waals surface area contributed by atoms with Crippen molar-refractivity contribution in [3.63, 3.8) is 0 Å². The standard InChI is InChI=1S/C13H10FNO2/c14-7-4-5-9-11(6-7)15-10-3-1-2-8(10)12(9)13(16)17/h4-6H,1-3H2,(H,16,17). The third kappa shape index (κ3) is 1.48. The maximum atomic E-state index is 13.1. The van der Waals surface area contributed by atoms with E-state index in [1.54, 1.807) is 0 Å². The number of rotatable bonds is 1. The van der Waals surface area contributed by atoms with Gasteiger partial charge in [0.25, 0.3) is 0 Å². The molecular weight excluding hydrogens is 221 g/mol. The highest BCUT2D eigenvalue weighted by Gasteiger charge is 2.23. The van der Waals surface area contributed by atoms with Crippen molar-refractivity contribution < 1.29 is 14.3 Å². The second-order valence-corrected chi connectivity index (χ2v) is 4.23. The predicted octanol–water partition coefficient (Wildman–Crippen LogP) is 2.56. The van der Waals surface area contributed by atoms with Crippen LogP contribution in [0.3, 0.4) is 0 Å². The van der Waals surface area contributed by atoms with E-state index in [-0.39, 0.29) is 5.82 Å². The lowest BCUT2D eigenvalue weighted by Crippen LogP contribution is -2.05. The fourth-order valence-corrected chi connectivity index (χ4v) is 2.48. The highest BCUT2D eigenvalue weighted by Crippen LogP contribution is 2.30. The molecule has 4 heteroatoms. The van der Waals surface area contributed by atoms with Crippen molar-refractivity contribution in [1.82, 2.24) is 4.98 Å². The zero-order valence-corrected chi connectivity index (χ0v) is 9.03. The second kappa shape index (κ2) is 3.52. The molecule has 0 radical (unpaired) electrons. The monoisotopic (exact) mass is 231 g/mol. The van der Waals surface area contributed by atoms with E-state index in [0.29, 0.717) is 16.5 Å². The molecule has 0 spiro atoms. The molecule has 0 atom stereocenters. The first-order valence-corrected chi connectivity index (χ1v) is 5.51. The molecule has 1 aromatic heterocycles. The molecule has 1 N–H and O–H groups in total. The van der Waals surface area contributed by atoms with Gasteiger partial charge in [0, 0.05) is 17.1 Å². The third-order valence-electron chi connectivity index (χ3n) is 3.19. The molecule has 3 nitrogen and oxygen atoms in total. The van der Waals surface area contributed by atoms with E-state index in [0.717, 1.165) is 30.5 Å². The molecule has 0 aliphatic heterocycles. The maximum Gasteiger partial charge on any atom is 0.336 e. The van der Waals surface area contributed by atoms with Crippen LogP contribution in [0.1, 0.15) is 28.0 Å². The van der Waals surface area contributed by atoms with Gasteiger partial charge >= 0.3 is 5.97 Å². The number of nitrogens with zero attached hydrogens (tertiary/aromatic N) is 1. The van der Waals surface area contributed by atoms with Crippen LogP contribution in [0.4, 0.5) is 4.39 Å². The number of fused-ring (bicyclic) bond motifs is 2. The van der Waals surface area contributed by atoms with Crippen LogP contribution in [0, 0.1) is 5.82 Å². The summed E-state index contributed by atoms with van der Waals surface area (Å²) in [6.45, 7) is 0. The van der Waals surface area contributed by atoms with Crippen molar-refractivity contribution in [1.29, 1.82) is 0 Å². The van der Waals surface area contributed by atoms with Gasteiger partial charge < -0.3 is 5.11 Å². The molecule has 86 valence electrons. The fourth-order valence-electron chi connectivity index (χ4n) is 2.48. The van der Waals surface area contributed by atoms with Crippen molar-refractivity contribution >= 4 is 16.9 Å². The van der Waals surface area contributed by atoms with Crippen molar-refractivity contribution in [3.05, 3.63) is 40.8 Å². The van der Waals surface area contributed by atoms with Gasteiger partial charge in [0.1, 0.15) is 5.82 Å². The topological polar surface area (TPSA) is 50.2 Å². The Balaban J connectivity index is 2.44. The van der Waals surface area contributed by atoms with Crippen molar-refractivity contribution in [2.24, 2.45) is 0 Å². The van der Waals surface area contributed by atoms with Crippen molar-refractivity contribution in [2.75, 3.05) is 0 Å². The number of hydrogen-bond donors (Lipinski definition) is 1. The number of pyridine rings is 1. The van der Waals surface area contributed by atoms with E-state index in [1.165, 1.54) is 18.2 Å². The summed E-state index contributed by atoms with van der Waals surface area (Å²) in [5.41, 5.74) is 2.35. The number of aryl methyl sites for hydroxylation is 1. The molecule has 1 aliphatic carbocycles. The van der Waals surface area contributed by atoms with Crippen LogP contribution < -0.4 is 0 Å². The Morgan fingerprint density at radius 1 is 1.35 bits per heavy atom. The summed E-state index contributed by atoms with van der Waals surface area (Å²) in [5, 5.41) is 9.82. The Hall–Kier alpha value is -1.97. The predicted molar refractivity (Wildman–Crippen MR) is 60.7 cm³/mol. The first-order chi connectivity index (χ1) is 8.16. The Labute approximate surface area is 96.9 Å². The van der Waals surface area contributed by atoms with E-state index < -0.39 is 5.97 Å². The molecular formula is C13H10FNO2. The molecule has 0 bridgehead atoms. The highest BCUT2D eigenvalue weighted by molar-refractivity contribution is 6.04. The van der Waals surface area contributed by atoms with Gasteiger partial charge in [-0.15, -0.1) is 0 Å². The average Bonchev–Trinajstić information content (AvgIpc) is 2.72. The number of halogens is 1. The zero-order chi connectivity index (χ0) is 12.0. The molecule has 1 aromatic carbocycles. The van der Waals surface area contributed by atoms with E-state index in [4.69, 9.17) is 0 Å². The summed E-state index contributed by atoms with van der Waals surface area (Å²) in [6, 6.07) is 4.07. The number of carbonyl (C=O) groups is 1. The van der Waals surface area contributed by atoms with E-state index in [2.05, 4.69) is 4.98 Å². The van der Waals surface area contributed by atoms with E-state index >= 15 is 0 Å². The molecule has 0 saturated carbocycles. The lowest BCUT2D eigenvalue weighted by molar-refractivity contribution is 0.0698. The molecule has 0 amide bonds. The van der Waals surface area contributed by atoms with Gasteiger partial charge in [-0.2, -0.15) is 0 Å². The fraction of sp³-hybridized carbons (Fsp3) is 0.231. The first kappa shape index (κ1) is 10.2. The van der Waals surface area contributed by atoms with Gasteiger partial charge in [-0.25, -0.2) is 9.18 Å². The molecule has 0 fully saturated rings. The van der Waals surface area contributed by atoms with E-state index in [1.807, 2.05) is 0 Å². The Kier molecular flexibility index (Phi) is 2.11. The minimum absolute atomic E-state index is 0.294. The smallest absolute Gasteiger partial charge is 0.336 e. The van der Waals surface area contributed by atoms with Crippen LogP contribution >= 0.6 is 0 Å². The van der Waals surface area contributed by atoms with Crippen LogP contribution in [-0.4, -0.2) is 16.1 Å². The quantitative estimate of drug-likeness (QED) is 0.820. The highest BCUT2D eigenvalue weighted by atomic mass is 19.1. The zero-order valence-electron chi connectivity index (χ0n) is 9.03. The van der Waals surface area contributed by atoms with Crippen LogP contribution in [0.5, 0.6) is 0 Å². The van der Waals surface area contributed by atoms with Crippen molar-refractivity contribution in [3.8, 4) is 0 Å². The summed E-state index contributed by atoms with van der Waals surface area (Å²) >= 11 is 0. The van der Waals surface area contributed by atoms with Gasteiger partial charge in [-0.3, -0.25) is 4.98 Å². The lowest BCUT2D eigenvalue weighted by atomic mass is 10.0. The third-order valence-corrected chi connectivity index (χ3v) is 3.19. The van der Waals surface area contributed by atoms with Gasteiger partial charge in [0.05, 0.1) is 11.1 Å². The number of benzene rings is 1. The van der Waals surface area contributed by atoms with Gasteiger partial charge in [-0.05, 0) is 37.0 Å². The summed E-state index contributed by atoms with van der Waals surface area (Å²) in [7, 11) is 0.